The van der Waals surface area contributed by atoms with Crippen LogP contribution in [-0.4, -0.2) is 55.2 Å². The summed E-state index contributed by atoms with van der Waals surface area (Å²) in [6, 6.07) is 11.0. The van der Waals surface area contributed by atoms with Crippen molar-refractivity contribution in [1.29, 1.82) is 0 Å². The molecule has 1 aliphatic rings. The molecule has 0 bridgehead atoms. The van der Waals surface area contributed by atoms with E-state index in [-0.39, 0.29) is 35.7 Å². The number of non-ortho nitro benzene ring substituents is 1. The highest BCUT2D eigenvalue weighted by molar-refractivity contribution is 14.0. The molecule has 0 aliphatic carbocycles. The zero-order chi connectivity index (χ0) is 22.1. The summed E-state index contributed by atoms with van der Waals surface area (Å²) in [6.07, 6.45) is 0. The van der Waals surface area contributed by atoms with E-state index < -0.39 is 4.92 Å². The Morgan fingerprint density at radius 3 is 2.59 bits per heavy atom. The molecule has 1 aromatic heterocycles. The fourth-order valence-electron chi connectivity index (χ4n) is 3.28. The van der Waals surface area contributed by atoms with E-state index in [9.17, 15) is 10.1 Å². The van der Waals surface area contributed by atoms with Crippen LogP contribution in [0.25, 0.3) is 0 Å². The van der Waals surface area contributed by atoms with Crippen LogP contribution in [0.5, 0.6) is 0 Å². The summed E-state index contributed by atoms with van der Waals surface area (Å²) in [6.45, 7) is 11.0. The molecule has 1 atom stereocenters. The molecule has 10 heteroatoms. The van der Waals surface area contributed by atoms with E-state index in [2.05, 4.69) is 44.6 Å². The van der Waals surface area contributed by atoms with Crippen LogP contribution in [0, 0.1) is 10.1 Å². The maximum atomic E-state index is 10.8. The van der Waals surface area contributed by atoms with Crippen LogP contribution in [0.2, 0.25) is 0 Å². The maximum absolute atomic E-state index is 10.8. The van der Waals surface area contributed by atoms with Gasteiger partial charge in [0.2, 0.25) is 0 Å². The third-order valence-electron chi connectivity index (χ3n) is 4.95. The number of nitrogens with one attached hydrogen (secondary N) is 2. The maximum Gasteiger partial charge on any atom is 0.269 e. The van der Waals surface area contributed by atoms with Crippen LogP contribution >= 0.6 is 35.3 Å². The van der Waals surface area contributed by atoms with Crippen LogP contribution in [0.1, 0.15) is 23.4 Å². The molecule has 2 N–H and O–H groups in total. The predicted octanol–water partition coefficient (Wildman–Crippen LogP) is 3.96. The standard InChI is InChI=1S/C22H29N5O3S.HI/c1-17(2)14-23-22(24-15-18-5-7-19(8-6-18)27(28)29)25-16-20(21-4-3-13-31-21)26-9-11-30-12-10-26;/h3-8,13,20H,1,9-12,14-16H2,2H3,(H2,23,24,25);1H. The molecule has 2 aromatic rings. The van der Waals surface area contributed by atoms with E-state index in [1.165, 1.54) is 17.0 Å². The van der Waals surface area contributed by atoms with E-state index in [1.807, 2.05) is 6.92 Å². The predicted molar refractivity (Wildman–Crippen MR) is 140 cm³/mol. The average Bonchev–Trinajstić information content (AvgIpc) is 3.30. The van der Waals surface area contributed by atoms with Crippen molar-refractivity contribution in [3.63, 3.8) is 0 Å². The van der Waals surface area contributed by atoms with E-state index in [4.69, 9.17) is 4.74 Å². The molecule has 0 saturated carbocycles. The Balaban J connectivity index is 0.00000363. The van der Waals surface area contributed by atoms with Gasteiger partial charge in [-0.2, -0.15) is 0 Å². The largest absolute Gasteiger partial charge is 0.379 e. The van der Waals surface area contributed by atoms with Gasteiger partial charge in [-0.3, -0.25) is 15.0 Å². The lowest BCUT2D eigenvalue weighted by atomic mass is 10.2. The molecule has 0 radical (unpaired) electrons. The molecular weight excluding hydrogens is 541 g/mol. The highest BCUT2D eigenvalue weighted by atomic mass is 127. The van der Waals surface area contributed by atoms with Crippen molar-refractivity contribution in [2.45, 2.75) is 19.5 Å². The normalized spacial score (nSPS) is 15.5. The van der Waals surface area contributed by atoms with Gasteiger partial charge in [0.1, 0.15) is 0 Å². The number of guanidine groups is 1. The van der Waals surface area contributed by atoms with Crippen LogP contribution < -0.4 is 10.6 Å². The Kier molecular flexibility index (Phi) is 11.1. The molecular formula is C22H30IN5O3S. The molecule has 2 heterocycles. The van der Waals surface area contributed by atoms with Crippen molar-refractivity contribution < 1.29 is 9.66 Å². The van der Waals surface area contributed by atoms with Crippen LogP contribution in [0.3, 0.4) is 0 Å². The summed E-state index contributed by atoms with van der Waals surface area (Å²) < 4.78 is 5.52. The summed E-state index contributed by atoms with van der Waals surface area (Å²) in [5.74, 6) is 0.691. The number of nitro benzene ring substituents is 1. The number of thiophene rings is 1. The average molecular weight is 571 g/mol. The van der Waals surface area contributed by atoms with E-state index in [1.54, 1.807) is 23.5 Å². The Hall–Kier alpha value is -2.02. The van der Waals surface area contributed by atoms with Crippen molar-refractivity contribution in [3.05, 3.63) is 74.5 Å². The fraction of sp³-hybridized carbons (Fsp3) is 0.409. The van der Waals surface area contributed by atoms with Crippen LogP contribution in [0.15, 0.2) is 58.9 Å². The van der Waals surface area contributed by atoms with Crippen molar-refractivity contribution >= 4 is 47.0 Å². The Bertz CT molecular complexity index is 883. The zero-order valence-corrected chi connectivity index (χ0v) is 21.3. The topological polar surface area (TPSA) is 92.0 Å². The van der Waals surface area contributed by atoms with Gasteiger partial charge < -0.3 is 15.4 Å². The summed E-state index contributed by atoms with van der Waals surface area (Å²) in [4.78, 5) is 18.9. The van der Waals surface area contributed by atoms with Gasteiger partial charge in [-0.05, 0) is 23.9 Å². The molecule has 174 valence electrons. The molecule has 0 spiro atoms. The molecule has 1 fully saturated rings. The molecule has 1 saturated heterocycles. The second-order valence-electron chi connectivity index (χ2n) is 7.46. The van der Waals surface area contributed by atoms with Gasteiger partial charge >= 0.3 is 0 Å². The molecule has 1 aliphatic heterocycles. The van der Waals surface area contributed by atoms with E-state index >= 15 is 0 Å². The number of aliphatic imine (C=N–C) groups is 1. The Morgan fingerprint density at radius 1 is 1.28 bits per heavy atom. The van der Waals surface area contributed by atoms with Crippen LogP contribution in [-0.2, 0) is 11.3 Å². The summed E-state index contributed by atoms with van der Waals surface area (Å²) >= 11 is 1.76. The summed E-state index contributed by atoms with van der Waals surface area (Å²) in [5, 5.41) is 19.7. The summed E-state index contributed by atoms with van der Waals surface area (Å²) in [5.41, 5.74) is 1.99. The third-order valence-corrected chi connectivity index (χ3v) is 5.92. The molecule has 8 nitrogen and oxygen atoms in total. The molecule has 3 rings (SSSR count). The Morgan fingerprint density at radius 2 is 2.00 bits per heavy atom. The van der Waals surface area contributed by atoms with E-state index in [0.29, 0.717) is 25.6 Å². The number of halogens is 1. The molecule has 0 amide bonds. The number of morpholine rings is 1. The minimum Gasteiger partial charge on any atom is -0.379 e. The Labute approximate surface area is 209 Å². The number of ether oxygens (including phenoxy) is 1. The first-order valence-electron chi connectivity index (χ1n) is 10.3. The van der Waals surface area contributed by atoms with Gasteiger partial charge in [-0.15, -0.1) is 35.3 Å². The summed E-state index contributed by atoms with van der Waals surface area (Å²) in [7, 11) is 0. The zero-order valence-electron chi connectivity index (χ0n) is 18.2. The minimum absolute atomic E-state index is 0. The van der Waals surface area contributed by atoms with E-state index in [0.717, 1.165) is 37.4 Å². The van der Waals surface area contributed by atoms with Crippen molar-refractivity contribution in [2.24, 2.45) is 4.99 Å². The fourth-order valence-corrected chi connectivity index (χ4v) is 4.14. The van der Waals surface area contributed by atoms with Gasteiger partial charge in [-0.25, -0.2) is 4.99 Å². The van der Waals surface area contributed by atoms with Gasteiger partial charge in [0.15, 0.2) is 5.96 Å². The lowest BCUT2D eigenvalue weighted by molar-refractivity contribution is -0.384. The van der Waals surface area contributed by atoms with Crippen molar-refractivity contribution in [2.75, 3.05) is 39.4 Å². The quantitative estimate of drug-likeness (QED) is 0.118. The highest BCUT2D eigenvalue weighted by Crippen LogP contribution is 2.25. The first kappa shape index (κ1) is 26.2. The number of benzene rings is 1. The lowest BCUT2D eigenvalue weighted by Crippen LogP contribution is -2.46. The van der Waals surface area contributed by atoms with Gasteiger partial charge in [-0.1, -0.05) is 30.4 Å². The highest BCUT2D eigenvalue weighted by Gasteiger charge is 2.23. The van der Waals surface area contributed by atoms with Crippen molar-refractivity contribution in [3.8, 4) is 0 Å². The minimum atomic E-state index is -0.398. The molecule has 1 aromatic carbocycles. The van der Waals surface area contributed by atoms with Crippen LogP contribution in [0.4, 0.5) is 5.69 Å². The van der Waals surface area contributed by atoms with Gasteiger partial charge in [0, 0.05) is 43.2 Å². The van der Waals surface area contributed by atoms with Gasteiger partial charge in [0.25, 0.3) is 5.69 Å². The second-order valence-corrected chi connectivity index (χ2v) is 8.44. The van der Waals surface area contributed by atoms with Gasteiger partial charge in [0.05, 0.1) is 30.7 Å². The monoisotopic (exact) mass is 571 g/mol. The number of rotatable bonds is 9. The number of hydrogen-bond donors (Lipinski definition) is 2. The number of hydrogen-bond acceptors (Lipinski definition) is 6. The lowest BCUT2D eigenvalue weighted by Gasteiger charge is -2.34. The number of nitro groups is 1. The first-order valence-corrected chi connectivity index (χ1v) is 11.2. The smallest absolute Gasteiger partial charge is 0.269 e. The SMILES string of the molecule is C=C(C)CNC(=NCc1ccc([N+](=O)[O-])cc1)NCC(c1cccs1)N1CCOCC1.I. The number of nitrogens with zero attached hydrogens (tertiary/aromatic N) is 3. The molecule has 1 unspecified atom stereocenters. The second kappa shape index (κ2) is 13.5. The van der Waals surface area contributed by atoms with Crippen molar-refractivity contribution in [1.82, 2.24) is 15.5 Å². The third kappa shape index (κ3) is 8.15. The first-order chi connectivity index (χ1) is 15.0. The molecule has 32 heavy (non-hydrogen) atoms.